The van der Waals surface area contributed by atoms with Gasteiger partial charge in [-0.1, -0.05) is 6.92 Å². The van der Waals surface area contributed by atoms with Gasteiger partial charge in [-0.2, -0.15) is 0 Å². The van der Waals surface area contributed by atoms with Crippen LogP contribution >= 0.6 is 0 Å². The number of ketones is 1. The molecule has 0 aliphatic carbocycles. The van der Waals surface area contributed by atoms with Crippen molar-refractivity contribution in [3.05, 3.63) is 34.6 Å². The quantitative estimate of drug-likeness (QED) is 0.778. The van der Waals surface area contributed by atoms with E-state index in [9.17, 15) is 14.0 Å². The molecule has 1 rings (SSSR count). The SMILES string of the molecule is CCc1c(C(=O)O)ccc(C(C)=O)c1F. The van der Waals surface area contributed by atoms with E-state index in [2.05, 4.69) is 0 Å². The van der Waals surface area contributed by atoms with Gasteiger partial charge < -0.3 is 5.11 Å². The second-order valence-corrected chi connectivity index (χ2v) is 3.17. The minimum atomic E-state index is -1.18. The van der Waals surface area contributed by atoms with Gasteiger partial charge in [-0.3, -0.25) is 4.79 Å². The van der Waals surface area contributed by atoms with Crippen LogP contribution < -0.4 is 0 Å². The van der Waals surface area contributed by atoms with Crippen LogP contribution in [0.2, 0.25) is 0 Å². The number of carboxylic acid groups (broad SMARTS) is 1. The first-order valence-corrected chi connectivity index (χ1v) is 4.54. The van der Waals surface area contributed by atoms with Gasteiger partial charge in [0.1, 0.15) is 5.82 Å². The highest BCUT2D eigenvalue weighted by molar-refractivity contribution is 5.97. The predicted octanol–water partition coefficient (Wildman–Crippen LogP) is 2.29. The van der Waals surface area contributed by atoms with Crippen LogP contribution in [-0.2, 0) is 6.42 Å². The van der Waals surface area contributed by atoms with Gasteiger partial charge in [-0.25, -0.2) is 9.18 Å². The van der Waals surface area contributed by atoms with Gasteiger partial charge in [0.15, 0.2) is 5.78 Å². The molecular weight excluding hydrogens is 199 g/mol. The number of carboxylic acids is 1. The van der Waals surface area contributed by atoms with E-state index in [1.165, 1.54) is 19.1 Å². The number of carbonyl (C=O) groups is 2. The molecular formula is C11H11FO3. The highest BCUT2D eigenvalue weighted by atomic mass is 19.1. The van der Waals surface area contributed by atoms with Crippen LogP contribution in [0.3, 0.4) is 0 Å². The Balaban J connectivity index is 3.45. The molecule has 0 saturated heterocycles. The largest absolute Gasteiger partial charge is 0.478 e. The summed E-state index contributed by atoms with van der Waals surface area (Å²) in [6.45, 7) is 2.90. The summed E-state index contributed by atoms with van der Waals surface area (Å²) in [7, 11) is 0. The zero-order chi connectivity index (χ0) is 11.6. The number of carbonyl (C=O) groups excluding carboxylic acids is 1. The van der Waals surface area contributed by atoms with Crippen molar-refractivity contribution in [3.8, 4) is 0 Å². The van der Waals surface area contributed by atoms with Gasteiger partial charge in [-0.05, 0) is 25.5 Å². The van der Waals surface area contributed by atoms with Gasteiger partial charge in [0, 0.05) is 5.56 Å². The molecule has 0 amide bonds. The lowest BCUT2D eigenvalue weighted by atomic mass is 9.99. The first-order valence-electron chi connectivity index (χ1n) is 4.54. The maximum Gasteiger partial charge on any atom is 0.336 e. The summed E-state index contributed by atoms with van der Waals surface area (Å²) in [6, 6.07) is 2.47. The maximum absolute atomic E-state index is 13.7. The van der Waals surface area contributed by atoms with Gasteiger partial charge in [0.25, 0.3) is 0 Å². The van der Waals surface area contributed by atoms with E-state index in [1.807, 2.05) is 0 Å². The maximum atomic E-state index is 13.7. The summed E-state index contributed by atoms with van der Waals surface area (Å²) in [5, 5.41) is 8.80. The summed E-state index contributed by atoms with van der Waals surface area (Å²) in [6.07, 6.45) is 0.245. The normalized spacial score (nSPS) is 10.1. The predicted molar refractivity (Wildman–Crippen MR) is 52.7 cm³/mol. The van der Waals surface area contributed by atoms with Gasteiger partial charge >= 0.3 is 5.97 Å². The molecule has 0 saturated carbocycles. The van der Waals surface area contributed by atoms with Gasteiger partial charge in [-0.15, -0.1) is 0 Å². The molecule has 0 unspecified atom stereocenters. The Morgan fingerprint density at radius 2 is 1.87 bits per heavy atom. The van der Waals surface area contributed by atoms with Crippen LogP contribution in [0, 0.1) is 5.82 Å². The van der Waals surface area contributed by atoms with Crippen LogP contribution in [-0.4, -0.2) is 16.9 Å². The second kappa shape index (κ2) is 4.21. The summed E-state index contributed by atoms with van der Waals surface area (Å²) in [5.41, 5.74) is -0.0629. The molecule has 0 aromatic heterocycles. The van der Waals surface area contributed by atoms with Crippen LogP contribution in [0.25, 0.3) is 0 Å². The first kappa shape index (κ1) is 11.4. The lowest BCUT2D eigenvalue weighted by molar-refractivity contribution is 0.0694. The third-order valence-corrected chi connectivity index (χ3v) is 2.21. The number of hydrogen-bond acceptors (Lipinski definition) is 2. The molecule has 80 valence electrons. The smallest absolute Gasteiger partial charge is 0.336 e. The van der Waals surface area contributed by atoms with Crippen molar-refractivity contribution in [1.29, 1.82) is 0 Å². The minimum absolute atomic E-state index is 0.0585. The fraction of sp³-hybridized carbons (Fsp3) is 0.273. The van der Waals surface area contributed by atoms with Crippen molar-refractivity contribution in [2.45, 2.75) is 20.3 Å². The number of benzene rings is 1. The Morgan fingerprint density at radius 1 is 1.33 bits per heavy atom. The molecule has 0 aliphatic rings. The molecule has 0 spiro atoms. The Hall–Kier alpha value is -1.71. The molecule has 1 aromatic rings. The third kappa shape index (κ3) is 2.03. The molecule has 15 heavy (non-hydrogen) atoms. The van der Waals surface area contributed by atoms with Crippen molar-refractivity contribution in [2.24, 2.45) is 0 Å². The number of hydrogen-bond donors (Lipinski definition) is 1. The van der Waals surface area contributed by atoms with Crippen LogP contribution in [0.4, 0.5) is 4.39 Å². The molecule has 0 aliphatic heterocycles. The number of rotatable bonds is 3. The Labute approximate surface area is 86.5 Å². The molecule has 0 atom stereocenters. The molecule has 0 heterocycles. The van der Waals surface area contributed by atoms with Gasteiger partial charge in [0.2, 0.25) is 0 Å². The summed E-state index contributed by atoms with van der Waals surface area (Å²) in [4.78, 5) is 21.8. The molecule has 4 heteroatoms. The topological polar surface area (TPSA) is 54.4 Å². The van der Waals surface area contributed by atoms with Crippen molar-refractivity contribution >= 4 is 11.8 Å². The number of Topliss-reactive ketones (excluding diaryl/α,β-unsaturated/α-hetero) is 1. The van der Waals surface area contributed by atoms with E-state index >= 15 is 0 Å². The minimum Gasteiger partial charge on any atom is -0.478 e. The van der Waals surface area contributed by atoms with E-state index in [0.717, 1.165) is 0 Å². The van der Waals surface area contributed by atoms with Crippen molar-refractivity contribution in [3.63, 3.8) is 0 Å². The van der Waals surface area contributed by atoms with Crippen LogP contribution in [0.15, 0.2) is 12.1 Å². The number of aromatic carboxylic acids is 1. The van der Waals surface area contributed by atoms with E-state index < -0.39 is 17.6 Å². The molecule has 0 radical (unpaired) electrons. The standard InChI is InChI=1S/C11H11FO3/c1-3-7-9(11(14)15)5-4-8(6(2)13)10(7)12/h4-5H,3H2,1-2H3,(H,14,15). The average Bonchev–Trinajstić information content (AvgIpc) is 2.16. The summed E-state index contributed by atoms with van der Waals surface area (Å²) >= 11 is 0. The van der Waals surface area contributed by atoms with Crippen molar-refractivity contribution in [1.82, 2.24) is 0 Å². The van der Waals surface area contributed by atoms with Crippen molar-refractivity contribution in [2.75, 3.05) is 0 Å². The highest BCUT2D eigenvalue weighted by Crippen LogP contribution is 2.19. The Bertz CT molecular complexity index is 424. The molecule has 1 aromatic carbocycles. The lowest BCUT2D eigenvalue weighted by Crippen LogP contribution is -2.08. The zero-order valence-electron chi connectivity index (χ0n) is 8.50. The highest BCUT2D eigenvalue weighted by Gasteiger charge is 2.17. The van der Waals surface area contributed by atoms with E-state index in [4.69, 9.17) is 5.11 Å². The van der Waals surface area contributed by atoms with Gasteiger partial charge in [0.05, 0.1) is 11.1 Å². The van der Waals surface area contributed by atoms with E-state index in [-0.39, 0.29) is 23.1 Å². The molecule has 0 fully saturated rings. The van der Waals surface area contributed by atoms with Crippen molar-refractivity contribution < 1.29 is 19.1 Å². The zero-order valence-corrected chi connectivity index (χ0v) is 8.50. The Morgan fingerprint density at radius 3 is 2.27 bits per heavy atom. The van der Waals surface area contributed by atoms with E-state index in [0.29, 0.717) is 0 Å². The fourth-order valence-corrected chi connectivity index (χ4v) is 1.44. The monoisotopic (exact) mass is 210 g/mol. The number of halogens is 1. The Kier molecular flexibility index (Phi) is 3.19. The van der Waals surface area contributed by atoms with E-state index in [1.54, 1.807) is 6.92 Å². The average molecular weight is 210 g/mol. The molecule has 0 bridgehead atoms. The van der Waals surface area contributed by atoms with Crippen LogP contribution in [0.5, 0.6) is 0 Å². The summed E-state index contributed by atoms with van der Waals surface area (Å²) in [5.74, 6) is -2.30. The summed E-state index contributed by atoms with van der Waals surface area (Å²) < 4.78 is 13.7. The molecule has 1 N–H and O–H groups in total. The lowest BCUT2D eigenvalue weighted by Gasteiger charge is -2.07. The first-order chi connectivity index (χ1) is 6.99. The second-order valence-electron chi connectivity index (χ2n) is 3.17. The molecule has 3 nitrogen and oxygen atoms in total. The third-order valence-electron chi connectivity index (χ3n) is 2.21. The van der Waals surface area contributed by atoms with Crippen LogP contribution in [0.1, 0.15) is 40.1 Å². The fourth-order valence-electron chi connectivity index (χ4n) is 1.44.